The average Bonchev–Trinajstić information content (AvgIpc) is 4.15. The molecule has 7 aliphatic rings. The third-order valence-electron chi connectivity index (χ3n) is 13.7. The molecule has 16 heteroatoms. The first-order valence-electron chi connectivity index (χ1n) is 20.9. The minimum Gasteiger partial charge on any atom is -0.486 e. The first-order valence-corrected chi connectivity index (χ1v) is 22.4. The van der Waals surface area contributed by atoms with E-state index in [1.54, 1.807) is 19.2 Å². The Hall–Kier alpha value is -4.60. The SMILES string of the molecule is CC1CCC=CC2CC2(C(=O)NS(=O)(=O)C2(C)CC2)NC(=O)C2CC(Oc3nccc4c5c(ccc34)OCCO5)CN2C(=O)C(NC(=O)OC2CC3CC3C2)C(C)C1. The van der Waals surface area contributed by atoms with E-state index in [0.717, 1.165) is 24.6 Å². The quantitative estimate of drug-likeness (QED) is 0.341. The molecular weight excluding hydrogens is 767 g/mol. The van der Waals surface area contributed by atoms with E-state index in [2.05, 4.69) is 27.3 Å². The van der Waals surface area contributed by atoms with Gasteiger partial charge >= 0.3 is 6.09 Å². The lowest BCUT2D eigenvalue weighted by molar-refractivity contribution is -0.142. The smallest absolute Gasteiger partial charge is 0.408 e. The minimum absolute atomic E-state index is 0.0176. The van der Waals surface area contributed by atoms with Gasteiger partial charge in [0.05, 0.1) is 11.3 Å². The number of ether oxygens (including phenoxy) is 4. The number of hydrogen-bond acceptors (Lipinski definition) is 11. The fourth-order valence-electron chi connectivity index (χ4n) is 9.65. The summed E-state index contributed by atoms with van der Waals surface area (Å²) in [5.41, 5.74) is -1.53. The van der Waals surface area contributed by atoms with E-state index < -0.39 is 68.2 Å². The van der Waals surface area contributed by atoms with Gasteiger partial charge in [-0.3, -0.25) is 19.1 Å². The Morgan fingerprint density at radius 2 is 1.76 bits per heavy atom. The molecule has 1 saturated heterocycles. The number of allylic oxidation sites excluding steroid dienone is 1. The van der Waals surface area contributed by atoms with Crippen LogP contribution in [0.1, 0.15) is 85.0 Å². The van der Waals surface area contributed by atoms with Crippen molar-refractivity contribution in [2.24, 2.45) is 29.6 Å². The summed E-state index contributed by atoms with van der Waals surface area (Å²) in [6, 6.07) is 3.30. The number of benzene rings is 1. The second-order valence-corrected chi connectivity index (χ2v) is 20.3. The van der Waals surface area contributed by atoms with E-state index in [0.29, 0.717) is 67.6 Å². The number of sulfonamides is 1. The zero-order chi connectivity index (χ0) is 40.6. The molecule has 4 aliphatic carbocycles. The number of hydrogen-bond donors (Lipinski definition) is 3. The fourth-order valence-corrected chi connectivity index (χ4v) is 11.0. The van der Waals surface area contributed by atoms with Crippen LogP contribution < -0.4 is 29.6 Å². The Morgan fingerprint density at radius 1 is 0.983 bits per heavy atom. The van der Waals surface area contributed by atoms with E-state index in [4.69, 9.17) is 18.9 Å². The molecule has 2 aromatic rings. The van der Waals surface area contributed by atoms with E-state index in [-0.39, 0.29) is 43.2 Å². The molecule has 4 amide bonds. The molecule has 3 aliphatic heterocycles. The molecule has 0 radical (unpaired) electrons. The summed E-state index contributed by atoms with van der Waals surface area (Å²) < 4.78 is 51.8. The van der Waals surface area contributed by atoms with Gasteiger partial charge in [-0.1, -0.05) is 26.0 Å². The predicted molar refractivity (Wildman–Crippen MR) is 210 cm³/mol. The van der Waals surface area contributed by atoms with Gasteiger partial charge in [0.15, 0.2) is 11.5 Å². The molecular formula is C42H53N5O10S. The van der Waals surface area contributed by atoms with Crippen molar-refractivity contribution in [2.45, 2.75) is 120 Å². The number of alkyl carbamates (subject to hydrolysis) is 1. The third-order valence-corrected chi connectivity index (χ3v) is 15.8. The van der Waals surface area contributed by atoms with E-state index in [1.807, 2.05) is 31.2 Å². The summed E-state index contributed by atoms with van der Waals surface area (Å²) in [5.74, 6) is 0.200. The van der Waals surface area contributed by atoms with E-state index in [9.17, 15) is 27.6 Å². The third kappa shape index (κ3) is 7.34. The Bertz CT molecular complexity index is 2150. The van der Waals surface area contributed by atoms with Gasteiger partial charge in [0.2, 0.25) is 27.7 Å². The van der Waals surface area contributed by atoms with Crippen LogP contribution in [-0.4, -0.2) is 96.5 Å². The standard InChI is InChI=1S/C42H53N5O10S/c1-23-6-4-5-7-27-21-42(27,39(50)46-58(52,53)41(3)11-12-41)45-36(48)32-20-29(56-37-31-8-9-33-35(55-15-14-54-33)30(31)10-13-43-37)22-47(32)38(49)34(24(2)16-23)44-40(51)57-28-18-25-17-26(25)19-28/h5,7-10,13,23-29,32,34H,4,6,11-12,14-22H2,1-3H3,(H,44,51)(H,45,48)(H,46,50). The van der Waals surface area contributed by atoms with Crippen LogP contribution in [0.2, 0.25) is 0 Å². The van der Waals surface area contributed by atoms with Crippen molar-refractivity contribution < 1.29 is 46.5 Å². The Labute approximate surface area is 338 Å². The number of rotatable bonds is 7. The van der Waals surface area contributed by atoms with Crippen molar-refractivity contribution >= 4 is 44.6 Å². The van der Waals surface area contributed by atoms with Crippen LogP contribution in [-0.2, 0) is 29.1 Å². The minimum atomic E-state index is -4.00. The molecule has 0 spiro atoms. The summed E-state index contributed by atoms with van der Waals surface area (Å²) in [5, 5.41) is 7.25. The van der Waals surface area contributed by atoms with Crippen LogP contribution in [0.4, 0.5) is 4.79 Å². The summed E-state index contributed by atoms with van der Waals surface area (Å²) >= 11 is 0. The summed E-state index contributed by atoms with van der Waals surface area (Å²) in [4.78, 5) is 63.0. The zero-order valence-corrected chi connectivity index (χ0v) is 34.1. The lowest BCUT2D eigenvalue weighted by atomic mass is 9.88. The largest absolute Gasteiger partial charge is 0.486 e. The van der Waals surface area contributed by atoms with Crippen molar-refractivity contribution in [3.63, 3.8) is 0 Å². The normalized spacial score (nSPS) is 34.9. The number of nitrogens with zero attached hydrogens (tertiary/aromatic N) is 2. The van der Waals surface area contributed by atoms with Gasteiger partial charge in [-0.15, -0.1) is 0 Å². The molecule has 9 unspecified atom stereocenters. The van der Waals surface area contributed by atoms with Crippen LogP contribution in [0.3, 0.4) is 0 Å². The maximum atomic E-state index is 14.9. The zero-order valence-electron chi connectivity index (χ0n) is 33.2. The monoisotopic (exact) mass is 819 g/mol. The first-order chi connectivity index (χ1) is 27.7. The molecule has 0 bridgehead atoms. The lowest BCUT2D eigenvalue weighted by Crippen LogP contribution is -2.59. The average molecular weight is 820 g/mol. The highest BCUT2D eigenvalue weighted by Crippen LogP contribution is 2.53. The molecule has 15 nitrogen and oxygen atoms in total. The number of carbonyl (C=O) groups is 4. The molecule has 58 heavy (non-hydrogen) atoms. The number of amides is 4. The summed E-state index contributed by atoms with van der Waals surface area (Å²) in [6.07, 6.45) is 9.92. The van der Waals surface area contributed by atoms with E-state index in [1.165, 1.54) is 11.3 Å². The second-order valence-electron chi connectivity index (χ2n) is 18.1. The van der Waals surface area contributed by atoms with Crippen LogP contribution in [0, 0.1) is 29.6 Å². The highest BCUT2D eigenvalue weighted by atomic mass is 32.2. The molecule has 3 N–H and O–H groups in total. The molecule has 1 aromatic carbocycles. The summed E-state index contributed by atoms with van der Waals surface area (Å²) in [6.45, 7) is 6.44. The molecule has 5 fully saturated rings. The van der Waals surface area contributed by atoms with Gasteiger partial charge in [0.1, 0.15) is 43.0 Å². The van der Waals surface area contributed by atoms with Crippen molar-refractivity contribution in [1.29, 1.82) is 0 Å². The number of pyridine rings is 1. The highest BCUT2D eigenvalue weighted by Gasteiger charge is 2.63. The van der Waals surface area contributed by atoms with Crippen LogP contribution in [0.15, 0.2) is 36.5 Å². The van der Waals surface area contributed by atoms with Crippen LogP contribution in [0.5, 0.6) is 17.4 Å². The van der Waals surface area contributed by atoms with Gasteiger partial charge < -0.3 is 34.5 Å². The summed E-state index contributed by atoms with van der Waals surface area (Å²) in [7, 11) is -4.00. The number of carbonyl (C=O) groups excluding carboxylic acids is 4. The van der Waals surface area contributed by atoms with Crippen molar-refractivity contribution in [2.75, 3.05) is 19.8 Å². The van der Waals surface area contributed by atoms with Gasteiger partial charge in [-0.05, 0) is 107 Å². The molecule has 9 rings (SSSR count). The number of aromatic nitrogens is 1. The molecule has 312 valence electrons. The van der Waals surface area contributed by atoms with E-state index >= 15 is 0 Å². The van der Waals surface area contributed by atoms with Gasteiger partial charge in [-0.25, -0.2) is 18.2 Å². The van der Waals surface area contributed by atoms with Gasteiger partial charge in [0, 0.05) is 29.3 Å². The van der Waals surface area contributed by atoms with Crippen molar-refractivity contribution in [3.8, 4) is 17.4 Å². The topological polar surface area (TPSA) is 192 Å². The Kier molecular flexibility index (Phi) is 9.79. The second kappa shape index (κ2) is 14.6. The molecule has 4 heterocycles. The van der Waals surface area contributed by atoms with Gasteiger partial charge in [-0.2, -0.15) is 0 Å². The maximum absolute atomic E-state index is 14.9. The fraction of sp³-hybridized carbons (Fsp3) is 0.643. The molecule has 1 aromatic heterocycles. The maximum Gasteiger partial charge on any atom is 0.408 e. The van der Waals surface area contributed by atoms with Gasteiger partial charge in [0.25, 0.3) is 5.91 Å². The number of nitrogens with one attached hydrogen (secondary N) is 3. The first kappa shape index (κ1) is 38.9. The predicted octanol–water partition coefficient (Wildman–Crippen LogP) is 4.13. The lowest BCUT2D eigenvalue weighted by Gasteiger charge is -2.33. The highest BCUT2D eigenvalue weighted by molar-refractivity contribution is 7.91. The van der Waals surface area contributed by atoms with Crippen molar-refractivity contribution in [3.05, 3.63) is 36.5 Å². The van der Waals surface area contributed by atoms with Crippen LogP contribution in [0.25, 0.3) is 10.8 Å². The Balaban J connectivity index is 1.02. The number of fused-ring (bicyclic) bond motifs is 6. The van der Waals surface area contributed by atoms with Crippen molar-refractivity contribution in [1.82, 2.24) is 25.2 Å². The molecule has 4 saturated carbocycles. The molecule has 9 atom stereocenters. The van der Waals surface area contributed by atoms with Crippen LogP contribution >= 0.6 is 0 Å². The Morgan fingerprint density at radius 3 is 2.53 bits per heavy atom.